The van der Waals surface area contributed by atoms with Crippen LogP contribution in [0.4, 0.5) is 0 Å². The maximum atomic E-state index is 5.78. The van der Waals surface area contributed by atoms with Gasteiger partial charge in [0.15, 0.2) is 0 Å². The summed E-state index contributed by atoms with van der Waals surface area (Å²) in [6.45, 7) is 3.56. The first-order chi connectivity index (χ1) is 5.65. The van der Waals surface area contributed by atoms with Gasteiger partial charge in [-0.05, 0) is 6.07 Å². The molecule has 2 nitrogen and oxygen atoms in total. The lowest BCUT2D eigenvalue weighted by Gasteiger charge is -2.07. The lowest BCUT2D eigenvalue weighted by atomic mass is 10.1. The van der Waals surface area contributed by atoms with Crippen LogP contribution in [-0.2, 0) is 0 Å². The maximum Gasteiger partial charge on any atom is 0.135 e. The standard InChI is InChI=1S/C8H8Cl2N2/c1-2-6(11)5-3-4-7(9)12-8(5)10/h2-4,6H,1,11H2/t6-/m1/s1. The molecule has 0 aliphatic heterocycles. The van der Waals surface area contributed by atoms with Crippen molar-refractivity contribution in [1.82, 2.24) is 4.98 Å². The largest absolute Gasteiger partial charge is 0.321 e. The summed E-state index contributed by atoms with van der Waals surface area (Å²) in [5.74, 6) is 0. The number of rotatable bonds is 2. The molecular weight excluding hydrogens is 195 g/mol. The molecule has 0 radical (unpaired) electrons. The molecule has 0 aliphatic rings. The number of aromatic nitrogens is 1. The zero-order valence-electron chi connectivity index (χ0n) is 6.30. The van der Waals surface area contributed by atoms with Gasteiger partial charge in [0.25, 0.3) is 0 Å². The highest BCUT2D eigenvalue weighted by molar-refractivity contribution is 6.32. The molecule has 64 valence electrons. The predicted molar refractivity (Wildman–Crippen MR) is 51.4 cm³/mol. The minimum Gasteiger partial charge on any atom is -0.321 e. The molecule has 0 spiro atoms. The molecule has 0 bridgehead atoms. The monoisotopic (exact) mass is 202 g/mol. The summed E-state index contributed by atoms with van der Waals surface area (Å²) in [4.78, 5) is 3.85. The van der Waals surface area contributed by atoms with Crippen LogP contribution < -0.4 is 5.73 Å². The Bertz CT molecular complexity index is 299. The van der Waals surface area contributed by atoms with E-state index in [1.54, 1.807) is 18.2 Å². The van der Waals surface area contributed by atoms with Crippen molar-refractivity contribution in [2.45, 2.75) is 6.04 Å². The van der Waals surface area contributed by atoms with Crippen molar-refractivity contribution < 1.29 is 0 Å². The van der Waals surface area contributed by atoms with Crippen LogP contribution in [0.1, 0.15) is 11.6 Å². The van der Waals surface area contributed by atoms with Gasteiger partial charge < -0.3 is 5.73 Å². The Labute approximate surface area is 81.0 Å². The topological polar surface area (TPSA) is 38.9 Å². The molecule has 1 rings (SSSR count). The Morgan fingerprint density at radius 3 is 2.67 bits per heavy atom. The first kappa shape index (κ1) is 9.52. The van der Waals surface area contributed by atoms with Crippen molar-refractivity contribution in [2.24, 2.45) is 5.73 Å². The van der Waals surface area contributed by atoms with Gasteiger partial charge in [0, 0.05) is 5.56 Å². The summed E-state index contributed by atoms with van der Waals surface area (Å²) in [5, 5.41) is 0.690. The third-order valence-electron chi connectivity index (χ3n) is 1.46. The van der Waals surface area contributed by atoms with E-state index >= 15 is 0 Å². The second-order valence-electron chi connectivity index (χ2n) is 2.28. The Hall–Kier alpha value is -0.570. The molecule has 12 heavy (non-hydrogen) atoms. The van der Waals surface area contributed by atoms with Gasteiger partial charge >= 0.3 is 0 Å². The van der Waals surface area contributed by atoms with Crippen molar-refractivity contribution in [3.05, 3.63) is 40.7 Å². The molecule has 0 saturated carbocycles. The smallest absolute Gasteiger partial charge is 0.135 e. The van der Waals surface area contributed by atoms with E-state index in [-0.39, 0.29) is 6.04 Å². The average Bonchev–Trinajstić information content (AvgIpc) is 2.03. The van der Waals surface area contributed by atoms with E-state index in [2.05, 4.69) is 11.6 Å². The zero-order valence-corrected chi connectivity index (χ0v) is 7.81. The number of pyridine rings is 1. The highest BCUT2D eigenvalue weighted by atomic mass is 35.5. The third kappa shape index (κ3) is 1.97. The molecule has 1 aromatic rings. The predicted octanol–water partition coefficient (Wildman–Crippen LogP) is 2.57. The lowest BCUT2D eigenvalue weighted by molar-refractivity contribution is 0.904. The summed E-state index contributed by atoms with van der Waals surface area (Å²) in [6.07, 6.45) is 1.59. The molecule has 0 aromatic carbocycles. The van der Waals surface area contributed by atoms with Crippen molar-refractivity contribution >= 4 is 23.2 Å². The van der Waals surface area contributed by atoms with Crippen molar-refractivity contribution in [2.75, 3.05) is 0 Å². The Kier molecular flexibility index (Phi) is 3.09. The number of hydrogen-bond donors (Lipinski definition) is 1. The molecule has 1 aromatic heterocycles. The van der Waals surface area contributed by atoms with E-state index in [0.717, 1.165) is 5.56 Å². The van der Waals surface area contributed by atoms with Crippen LogP contribution in [0.15, 0.2) is 24.8 Å². The minimum absolute atomic E-state index is 0.290. The van der Waals surface area contributed by atoms with Gasteiger partial charge in [-0.2, -0.15) is 0 Å². The summed E-state index contributed by atoms with van der Waals surface area (Å²) in [7, 11) is 0. The van der Waals surface area contributed by atoms with Crippen LogP contribution in [0.3, 0.4) is 0 Å². The quantitative estimate of drug-likeness (QED) is 0.592. The maximum absolute atomic E-state index is 5.78. The normalized spacial score (nSPS) is 12.6. The second-order valence-corrected chi connectivity index (χ2v) is 3.02. The van der Waals surface area contributed by atoms with Crippen LogP contribution in [0, 0.1) is 0 Å². The lowest BCUT2D eigenvalue weighted by Crippen LogP contribution is -2.07. The molecule has 1 atom stereocenters. The summed E-state index contributed by atoms with van der Waals surface area (Å²) >= 11 is 11.4. The van der Waals surface area contributed by atoms with Gasteiger partial charge in [-0.1, -0.05) is 35.3 Å². The fourth-order valence-electron chi connectivity index (χ4n) is 0.799. The molecule has 0 unspecified atom stereocenters. The first-order valence-corrected chi connectivity index (χ1v) is 4.11. The van der Waals surface area contributed by atoms with Gasteiger partial charge in [0.1, 0.15) is 10.3 Å². The molecule has 0 fully saturated rings. The van der Waals surface area contributed by atoms with E-state index in [1.807, 2.05) is 0 Å². The van der Waals surface area contributed by atoms with Crippen molar-refractivity contribution in [3.63, 3.8) is 0 Å². The molecule has 0 saturated heterocycles. The fraction of sp³-hybridized carbons (Fsp3) is 0.125. The third-order valence-corrected chi connectivity index (χ3v) is 1.97. The van der Waals surface area contributed by atoms with E-state index in [0.29, 0.717) is 10.3 Å². The minimum atomic E-state index is -0.290. The Morgan fingerprint density at radius 2 is 2.17 bits per heavy atom. The molecule has 4 heteroatoms. The van der Waals surface area contributed by atoms with Gasteiger partial charge in [0.05, 0.1) is 6.04 Å². The molecule has 1 heterocycles. The number of nitrogens with zero attached hydrogens (tertiary/aromatic N) is 1. The SMILES string of the molecule is C=C[C@@H](N)c1ccc(Cl)nc1Cl. The molecular formula is C8H8Cl2N2. The van der Waals surface area contributed by atoms with E-state index in [4.69, 9.17) is 28.9 Å². The second kappa shape index (κ2) is 3.90. The average molecular weight is 203 g/mol. The summed E-state index contributed by atoms with van der Waals surface area (Å²) in [5.41, 5.74) is 6.39. The number of halogens is 2. The molecule has 2 N–H and O–H groups in total. The number of hydrogen-bond acceptors (Lipinski definition) is 2. The van der Waals surface area contributed by atoms with Crippen LogP contribution in [0.25, 0.3) is 0 Å². The first-order valence-electron chi connectivity index (χ1n) is 3.35. The summed E-state index contributed by atoms with van der Waals surface area (Å²) in [6, 6.07) is 3.10. The summed E-state index contributed by atoms with van der Waals surface area (Å²) < 4.78 is 0. The highest BCUT2D eigenvalue weighted by Gasteiger charge is 2.07. The molecule has 0 aliphatic carbocycles. The van der Waals surface area contributed by atoms with Crippen molar-refractivity contribution in [1.29, 1.82) is 0 Å². The van der Waals surface area contributed by atoms with Crippen LogP contribution in [0.2, 0.25) is 10.3 Å². The van der Waals surface area contributed by atoms with E-state index < -0.39 is 0 Å². The number of nitrogens with two attached hydrogens (primary N) is 1. The van der Waals surface area contributed by atoms with Gasteiger partial charge in [-0.3, -0.25) is 0 Å². The van der Waals surface area contributed by atoms with Gasteiger partial charge in [-0.15, -0.1) is 6.58 Å². The molecule has 0 amide bonds. The van der Waals surface area contributed by atoms with Crippen LogP contribution >= 0.6 is 23.2 Å². The van der Waals surface area contributed by atoms with Gasteiger partial charge in [-0.25, -0.2) is 4.98 Å². The highest BCUT2D eigenvalue weighted by Crippen LogP contribution is 2.21. The van der Waals surface area contributed by atoms with E-state index in [1.165, 1.54) is 0 Å². The van der Waals surface area contributed by atoms with Crippen LogP contribution in [0.5, 0.6) is 0 Å². The Balaban J connectivity index is 3.09. The zero-order chi connectivity index (χ0) is 9.14. The van der Waals surface area contributed by atoms with Gasteiger partial charge in [0.2, 0.25) is 0 Å². The Morgan fingerprint density at radius 1 is 1.50 bits per heavy atom. The van der Waals surface area contributed by atoms with Crippen LogP contribution in [-0.4, -0.2) is 4.98 Å². The van der Waals surface area contributed by atoms with Crippen molar-refractivity contribution in [3.8, 4) is 0 Å². The fourth-order valence-corrected chi connectivity index (χ4v) is 1.27. The van der Waals surface area contributed by atoms with E-state index in [9.17, 15) is 0 Å².